The lowest BCUT2D eigenvalue weighted by Crippen LogP contribution is -2.65. The van der Waals surface area contributed by atoms with Gasteiger partial charge in [0, 0.05) is 5.54 Å². The Balaban J connectivity index is 1.52. The molecule has 0 radical (unpaired) electrons. The minimum atomic E-state index is -0.820. The number of rotatable bonds is 3. The summed E-state index contributed by atoms with van der Waals surface area (Å²) in [7, 11) is 0. The van der Waals surface area contributed by atoms with Gasteiger partial charge in [-0.1, -0.05) is 13.8 Å². The summed E-state index contributed by atoms with van der Waals surface area (Å²) < 4.78 is 0. The van der Waals surface area contributed by atoms with Crippen molar-refractivity contribution in [3.63, 3.8) is 0 Å². The highest BCUT2D eigenvalue weighted by Gasteiger charge is 2.61. The number of carboxylic acid groups (broad SMARTS) is 1. The molecule has 5 fully saturated rings. The van der Waals surface area contributed by atoms with Crippen molar-refractivity contribution in [3.05, 3.63) is 0 Å². The van der Waals surface area contributed by atoms with Gasteiger partial charge in [0.1, 0.15) is 0 Å². The lowest BCUT2D eigenvalue weighted by atomic mass is 9.43. The highest BCUT2D eigenvalue weighted by atomic mass is 16.4. The minimum Gasteiger partial charge on any atom is -0.481 e. The van der Waals surface area contributed by atoms with Gasteiger partial charge >= 0.3 is 5.97 Å². The second kappa shape index (κ2) is 3.82. The van der Waals surface area contributed by atoms with Gasteiger partial charge in [-0.05, 0) is 61.7 Å². The molecule has 0 aromatic heterocycles. The van der Waals surface area contributed by atoms with E-state index >= 15 is 0 Å². The molecule has 0 heterocycles. The molecule has 0 saturated heterocycles. The van der Waals surface area contributed by atoms with E-state index in [0.29, 0.717) is 17.3 Å². The normalized spacial score (nSPS) is 53.5. The summed E-state index contributed by atoms with van der Waals surface area (Å²) in [5, 5.41) is 12.3. The topological polar surface area (TPSA) is 66.4 Å². The second-order valence-corrected chi connectivity index (χ2v) is 9.19. The van der Waals surface area contributed by atoms with E-state index < -0.39 is 11.9 Å². The fraction of sp³-hybridized carbons (Fsp3) is 0.882. The van der Waals surface area contributed by atoms with Crippen LogP contribution in [-0.2, 0) is 9.59 Å². The third-order valence-corrected chi connectivity index (χ3v) is 6.46. The highest BCUT2D eigenvalue weighted by Crippen LogP contribution is 2.66. The summed E-state index contributed by atoms with van der Waals surface area (Å²) in [5.74, 6) is -0.802. The molecule has 4 heteroatoms. The lowest BCUT2D eigenvalue weighted by molar-refractivity contribution is -0.144. The van der Waals surface area contributed by atoms with Crippen LogP contribution in [0.1, 0.15) is 58.8 Å². The molecule has 1 amide bonds. The zero-order chi connectivity index (χ0) is 15.0. The molecule has 5 rings (SSSR count). The monoisotopic (exact) mass is 291 g/mol. The van der Waals surface area contributed by atoms with Gasteiger partial charge in [0.25, 0.3) is 0 Å². The number of carbonyl (C=O) groups is 2. The van der Waals surface area contributed by atoms with Crippen LogP contribution in [0.5, 0.6) is 0 Å². The summed E-state index contributed by atoms with van der Waals surface area (Å²) in [5.41, 5.74) is 0.694. The lowest BCUT2D eigenvalue weighted by Gasteiger charge is -2.65. The molecule has 21 heavy (non-hydrogen) atoms. The van der Waals surface area contributed by atoms with Crippen molar-refractivity contribution in [2.24, 2.45) is 28.6 Å². The van der Waals surface area contributed by atoms with E-state index in [1.807, 2.05) is 0 Å². The number of carboxylic acids is 1. The van der Waals surface area contributed by atoms with Crippen LogP contribution in [0.4, 0.5) is 0 Å². The van der Waals surface area contributed by atoms with E-state index in [1.165, 1.54) is 19.3 Å². The van der Waals surface area contributed by atoms with E-state index in [2.05, 4.69) is 19.2 Å². The maximum atomic E-state index is 12.4. The highest BCUT2D eigenvalue weighted by molar-refractivity contribution is 5.89. The molecule has 5 saturated carbocycles. The number of carbonyl (C=O) groups excluding carboxylic acids is 1. The van der Waals surface area contributed by atoms with Crippen LogP contribution in [0.3, 0.4) is 0 Å². The molecule has 0 spiro atoms. The fourth-order valence-corrected chi connectivity index (χ4v) is 6.70. The van der Waals surface area contributed by atoms with Crippen molar-refractivity contribution in [2.45, 2.75) is 64.3 Å². The van der Waals surface area contributed by atoms with Gasteiger partial charge in [0.2, 0.25) is 5.91 Å². The Morgan fingerprint density at radius 3 is 2.10 bits per heavy atom. The number of hydrogen-bond donors (Lipinski definition) is 2. The summed E-state index contributed by atoms with van der Waals surface area (Å²) >= 11 is 0. The predicted octanol–water partition coefficient (Wildman–Crippen LogP) is 2.57. The summed E-state index contributed by atoms with van der Waals surface area (Å²) in [6, 6.07) is 0. The number of amides is 1. The molecule has 116 valence electrons. The molecule has 5 aliphatic rings. The molecule has 4 bridgehead atoms. The van der Waals surface area contributed by atoms with Crippen molar-refractivity contribution >= 4 is 11.9 Å². The maximum Gasteiger partial charge on any atom is 0.307 e. The third-order valence-electron chi connectivity index (χ3n) is 6.46. The van der Waals surface area contributed by atoms with Gasteiger partial charge in [-0.25, -0.2) is 0 Å². The second-order valence-electron chi connectivity index (χ2n) is 9.19. The minimum absolute atomic E-state index is 0.00319. The van der Waals surface area contributed by atoms with Gasteiger partial charge in [-0.3, -0.25) is 9.59 Å². The molecule has 0 aromatic carbocycles. The van der Waals surface area contributed by atoms with E-state index in [0.717, 1.165) is 25.2 Å². The Bertz CT molecular complexity index is 510. The molecular formula is C17H25NO3. The average Bonchev–Trinajstić information content (AvgIpc) is 3.01. The Morgan fingerprint density at radius 2 is 1.62 bits per heavy atom. The third kappa shape index (κ3) is 2.09. The number of aliphatic carboxylic acids is 1. The van der Waals surface area contributed by atoms with Gasteiger partial charge in [0.15, 0.2) is 0 Å². The number of nitrogens with one attached hydrogen (secondary N) is 1. The van der Waals surface area contributed by atoms with Crippen molar-refractivity contribution in [3.8, 4) is 0 Å². The van der Waals surface area contributed by atoms with Crippen LogP contribution in [0, 0.1) is 28.6 Å². The molecule has 4 nitrogen and oxygen atoms in total. The van der Waals surface area contributed by atoms with Crippen LogP contribution in [0.25, 0.3) is 0 Å². The Labute approximate surface area is 125 Å². The molecular weight excluding hydrogens is 266 g/mol. The first-order chi connectivity index (χ1) is 9.72. The van der Waals surface area contributed by atoms with Crippen LogP contribution >= 0.6 is 0 Å². The first-order valence-corrected chi connectivity index (χ1v) is 8.27. The molecule has 5 aliphatic carbocycles. The molecule has 4 atom stereocenters. The number of hydrogen-bond acceptors (Lipinski definition) is 2. The molecule has 0 aromatic rings. The van der Waals surface area contributed by atoms with Crippen LogP contribution in [0.15, 0.2) is 0 Å². The van der Waals surface area contributed by atoms with E-state index in [-0.39, 0.29) is 17.4 Å². The zero-order valence-corrected chi connectivity index (χ0v) is 12.9. The summed E-state index contributed by atoms with van der Waals surface area (Å²) in [6.45, 7) is 4.77. The summed E-state index contributed by atoms with van der Waals surface area (Å²) in [6.07, 6.45) is 7.70. The van der Waals surface area contributed by atoms with E-state index in [9.17, 15) is 9.59 Å². The standard InChI is InChI=1S/C17H25NO3/c1-15-4-10-5-16(2,7-15)9-17(6-10,8-15)18-13(19)11-3-12(11)14(20)21/h10-12H,3-9H2,1-2H3,(H,18,19)(H,20,21)/t10?,11-,12+,15?,16?,17?/m1/s1. The van der Waals surface area contributed by atoms with Crippen molar-refractivity contribution in [1.29, 1.82) is 0 Å². The SMILES string of the molecule is CC12CC3CC(C)(C1)CC(NC(=O)[C@@H]1C[C@@H]1C(=O)O)(C3)C2. The van der Waals surface area contributed by atoms with Gasteiger partial charge in [-0.2, -0.15) is 0 Å². The fourth-order valence-electron chi connectivity index (χ4n) is 6.70. The molecule has 0 aliphatic heterocycles. The smallest absolute Gasteiger partial charge is 0.307 e. The van der Waals surface area contributed by atoms with Crippen LogP contribution in [-0.4, -0.2) is 22.5 Å². The van der Waals surface area contributed by atoms with Gasteiger partial charge < -0.3 is 10.4 Å². The van der Waals surface area contributed by atoms with Gasteiger partial charge in [0.05, 0.1) is 11.8 Å². The Morgan fingerprint density at radius 1 is 1.00 bits per heavy atom. The average molecular weight is 291 g/mol. The van der Waals surface area contributed by atoms with E-state index in [1.54, 1.807) is 0 Å². The van der Waals surface area contributed by atoms with Gasteiger partial charge in [-0.15, -0.1) is 0 Å². The summed E-state index contributed by atoms with van der Waals surface area (Å²) in [4.78, 5) is 23.4. The molecule has 2 unspecified atom stereocenters. The Kier molecular flexibility index (Phi) is 2.47. The predicted molar refractivity (Wildman–Crippen MR) is 77.5 cm³/mol. The largest absolute Gasteiger partial charge is 0.481 e. The van der Waals surface area contributed by atoms with Crippen molar-refractivity contribution in [2.75, 3.05) is 0 Å². The first kappa shape index (κ1) is 13.6. The molecule has 2 N–H and O–H groups in total. The zero-order valence-electron chi connectivity index (χ0n) is 12.9. The van der Waals surface area contributed by atoms with Crippen molar-refractivity contribution < 1.29 is 14.7 Å². The maximum absolute atomic E-state index is 12.4. The quantitative estimate of drug-likeness (QED) is 0.840. The van der Waals surface area contributed by atoms with Crippen LogP contribution < -0.4 is 5.32 Å². The van der Waals surface area contributed by atoms with Crippen molar-refractivity contribution in [1.82, 2.24) is 5.32 Å². The van der Waals surface area contributed by atoms with E-state index in [4.69, 9.17) is 5.11 Å². The Hall–Kier alpha value is -1.06. The van der Waals surface area contributed by atoms with Crippen LogP contribution in [0.2, 0.25) is 0 Å². The first-order valence-electron chi connectivity index (χ1n) is 8.27.